The van der Waals surface area contributed by atoms with Crippen molar-refractivity contribution in [3.05, 3.63) is 138 Å². The zero-order valence-electron chi connectivity index (χ0n) is 34.6. The van der Waals surface area contributed by atoms with Crippen LogP contribution in [0.2, 0.25) is 0 Å². The van der Waals surface area contributed by atoms with E-state index in [1.54, 1.807) is 0 Å². The minimum absolute atomic E-state index is 0.00751. The summed E-state index contributed by atoms with van der Waals surface area (Å²) in [6.07, 6.45) is 0.897. The van der Waals surface area contributed by atoms with E-state index in [4.69, 9.17) is 23.7 Å². The number of ether oxygens (including phenoxy) is 5. The molecule has 0 saturated carbocycles. The first-order chi connectivity index (χ1) is 29.7. The standard InChI is InChI=1S/C48H51N3O9S/c1-4-58-25-13-24-48(40-18-9-11-20-42(40)60-43-21-12-10-19-41(43)48)31-49-46(52)32-26-33(50-61(54,55)34-22-23-44(56-2)45(27-34)57-3)29-51(28-32)47(53)59-30-39-37-16-7-5-14-35(37)36-15-6-8-17-38(36)39/h5-12,14-23,27,32-33,39,50H,4,13,24-26,28-31H2,1-3H3,(H,49,52)/t32-,33+/m0/s1. The van der Waals surface area contributed by atoms with Gasteiger partial charge in [0.05, 0.1) is 25.0 Å². The molecule has 2 N–H and O–H groups in total. The van der Waals surface area contributed by atoms with Gasteiger partial charge in [-0.05, 0) is 72.7 Å². The number of methoxy groups -OCH3 is 2. The number of para-hydroxylation sites is 2. The number of nitrogens with one attached hydrogen (secondary N) is 2. The first-order valence-corrected chi connectivity index (χ1v) is 22.2. The molecule has 0 spiro atoms. The number of carbonyl (C=O) groups excluding carboxylic acids is 2. The van der Waals surface area contributed by atoms with Crippen molar-refractivity contribution in [3.63, 3.8) is 0 Å². The summed E-state index contributed by atoms with van der Waals surface area (Å²) in [6.45, 7) is 3.45. The number of carbonyl (C=O) groups is 2. The molecule has 1 fully saturated rings. The molecule has 61 heavy (non-hydrogen) atoms. The highest BCUT2D eigenvalue weighted by molar-refractivity contribution is 7.89. The Hall–Kier alpha value is -5.89. The van der Waals surface area contributed by atoms with Crippen LogP contribution in [0.3, 0.4) is 0 Å². The molecule has 2 atom stereocenters. The minimum Gasteiger partial charge on any atom is -0.493 e. The minimum atomic E-state index is -4.15. The van der Waals surface area contributed by atoms with E-state index in [0.717, 1.165) is 51.3 Å². The van der Waals surface area contributed by atoms with Crippen LogP contribution in [0.1, 0.15) is 54.4 Å². The summed E-state index contributed by atoms with van der Waals surface area (Å²) in [4.78, 5) is 30.1. The van der Waals surface area contributed by atoms with Crippen LogP contribution in [-0.4, -0.2) is 85.0 Å². The topological polar surface area (TPSA) is 142 Å². The molecule has 3 aliphatic rings. The Morgan fingerprint density at radius 1 is 0.803 bits per heavy atom. The number of amides is 2. The van der Waals surface area contributed by atoms with Gasteiger partial charge in [0.2, 0.25) is 15.9 Å². The van der Waals surface area contributed by atoms with Crippen LogP contribution in [0.5, 0.6) is 23.0 Å². The van der Waals surface area contributed by atoms with Crippen LogP contribution >= 0.6 is 0 Å². The SMILES string of the molecule is CCOCCCC1(CNC(=O)[C@H]2C[C@@H](NS(=O)(=O)c3ccc(OC)c(OC)c3)CN(C(=O)OCC3c4ccccc4-c4ccccc43)C2)c2ccccc2Oc2ccccc21. The van der Waals surface area contributed by atoms with Crippen molar-refractivity contribution in [2.75, 3.05) is 53.7 Å². The van der Waals surface area contributed by atoms with Crippen LogP contribution in [-0.2, 0) is 29.7 Å². The second-order valence-electron chi connectivity index (χ2n) is 15.7. The van der Waals surface area contributed by atoms with Gasteiger partial charge in [0.1, 0.15) is 18.1 Å². The third kappa shape index (κ3) is 8.42. The van der Waals surface area contributed by atoms with Gasteiger partial charge in [-0.25, -0.2) is 17.9 Å². The van der Waals surface area contributed by atoms with E-state index in [1.807, 2.05) is 91.9 Å². The number of likely N-dealkylation sites (tertiary alicyclic amines) is 1. The Morgan fingerprint density at radius 2 is 1.43 bits per heavy atom. The predicted octanol–water partition coefficient (Wildman–Crippen LogP) is 7.65. The maximum Gasteiger partial charge on any atom is 0.409 e. The Labute approximate surface area is 357 Å². The summed E-state index contributed by atoms with van der Waals surface area (Å²) in [5.74, 6) is 0.797. The number of hydrogen-bond donors (Lipinski definition) is 2. The molecule has 318 valence electrons. The van der Waals surface area contributed by atoms with Gasteiger partial charge < -0.3 is 33.9 Å². The summed E-state index contributed by atoms with van der Waals surface area (Å²) in [6, 6.07) is 35.4. The average Bonchev–Trinajstić information content (AvgIpc) is 3.61. The molecule has 13 heteroatoms. The number of benzene rings is 5. The molecule has 0 radical (unpaired) electrons. The van der Waals surface area contributed by atoms with Crippen LogP contribution in [0.25, 0.3) is 11.1 Å². The predicted molar refractivity (Wildman–Crippen MR) is 231 cm³/mol. The Balaban J connectivity index is 1.06. The van der Waals surface area contributed by atoms with Crippen LogP contribution in [0.4, 0.5) is 4.79 Å². The number of rotatable bonds is 15. The fourth-order valence-corrected chi connectivity index (χ4v) is 10.5. The molecule has 1 aliphatic carbocycles. The van der Waals surface area contributed by atoms with E-state index in [0.29, 0.717) is 25.4 Å². The van der Waals surface area contributed by atoms with Gasteiger partial charge in [-0.1, -0.05) is 84.9 Å². The van der Waals surface area contributed by atoms with Crippen molar-refractivity contribution in [1.29, 1.82) is 0 Å². The number of hydrogen-bond acceptors (Lipinski definition) is 9. The third-order valence-electron chi connectivity index (χ3n) is 12.1. The molecule has 8 rings (SSSR count). The molecule has 0 aromatic heterocycles. The van der Waals surface area contributed by atoms with E-state index in [-0.39, 0.29) is 55.1 Å². The lowest BCUT2D eigenvalue weighted by molar-refractivity contribution is -0.127. The third-order valence-corrected chi connectivity index (χ3v) is 13.6. The number of fused-ring (bicyclic) bond motifs is 5. The highest BCUT2D eigenvalue weighted by atomic mass is 32.2. The van der Waals surface area contributed by atoms with E-state index in [2.05, 4.69) is 22.2 Å². The highest BCUT2D eigenvalue weighted by Crippen LogP contribution is 2.50. The molecule has 0 bridgehead atoms. The van der Waals surface area contributed by atoms with Crippen molar-refractivity contribution < 1.29 is 41.7 Å². The van der Waals surface area contributed by atoms with E-state index in [1.165, 1.54) is 37.3 Å². The molecule has 0 unspecified atom stereocenters. The molecule has 2 aliphatic heterocycles. The van der Waals surface area contributed by atoms with E-state index in [9.17, 15) is 18.0 Å². The molecule has 5 aromatic rings. The van der Waals surface area contributed by atoms with Gasteiger partial charge in [-0.15, -0.1) is 0 Å². The fourth-order valence-electron chi connectivity index (χ4n) is 9.20. The second-order valence-corrected chi connectivity index (χ2v) is 17.4. The molecule has 2 amide bonds. The zero-order valence-corrected chi connectivity index (χ0v) is 35.4. The van der Waals surface area contributed by atoms with Gasteiger partial charge in [0.25, 0.3) is 0 Å². The molecule has 5 aromatic carbocycles. The van der Waals surface area contributed by atoms with Crippen molar-refractivity contribution in [1.82, 2.24) is 14.9 Å². The summed E-state index contributed by atoms with van der Waals surface area (Å²) in [5.41, 5.74) is 5.59. The van der Waals surface area contributed by atoms with Crippen LogP contribution < -0.4 is 24.2 Å². The number of piperidine rings is 1. The normalized spacial score (nSPS) is 17.5. The van der Waals surface area contributed by atoms with Crippen molar-refractivity contribution >= 4 is 22.0 Å². The number of nitrogens with zero attached hydrogens (tertiary/aromatic N) is 1. The van der Waals surface area contributed by atoms with Gasteiger partial charge in [-0.3, -0.25) is 4.79 Å². The molecule has 1 saturated heterocycles. The average molecular weight is 846 g/mol. The maximum absolute atomic E-state index is 14.6. The lowest BCUT2D eigenvalue weighted by Crippen LogP contribution is -2.56. The summed E-state index contributed by atoms with van der Waals surface area (Å²) in [7, 11) is -1.25. The van der Waals surface area contributed by atoms with E-state index < -0.39 is 33.5 Å². The van der Waals surface area contributed by atoms with Gasteiger partial charge in [0.15, 0.2) is 11.5 Å². The second kappa shape index (κ2) is 18.0. The Bertz CT molecular complexity index is 2420. The van der Waals surface area contributed by atoms with E-state index >= 15 is 0 Å². The largest absolute Gasteiger partial charge is 0.493 e. The molecule has 12 nitrogen and oxygen atoms in total. The summed E-state index contributed by atoms with van der Waals surface area (Å²) in [5, 5.41) is 3.26. The zero-order chi connectivity index (χ0) is 42.6. The summed E-state index contributed by atoms with van der Waals surface area (Å²) >= 11 is 0. The van der Waals surface area contributed by atoms with Crippen molar-refractivity contribution in [2.45, 2.75) is 48.5 Å². The summed E-state index contributed by atoms with van der Waals surface area (Å²) < 4.78 is 59.6. The van der Waals surface area contributed by atoms with Gasteiger partial charge in [0, 0.05) is 67.4 Å². The fraction of sp³-hybridized carbons (Fsp3) is 0.333. The molecular formula is C48H51N3O9S. The first kappa shape index (κ1) is 41.8. The Morgan fingerprint density at radius 3 is 2.07 bits per heavy atom. The van der Waals surface area contributed by atoms with Crippen LogP contribution in [0, 0.1) is 5.92 Å². The molecule has 2 heterocycles. The highest BCUT2D eigenvalue weighted by Gasteiger charge is 2.44. The van der Waals surface area contributed by atoms with Crippen molar-refractivity contribution in [3.8, 4) is 34.1 Å². The monoisotopic (exact) mass is 845 g/mol. The quantitative estimate of drug-likeness (QED) is 0.102. The van der Waals surface area contributed by atoms with Gasteiger partial charge >= 0.3 is 6.09 Å². The Kier molecular flexibility index (Phi) is 12.3. The first-order valence-electron chi connectivity index (χ1n) is 20.7. The number of sulfonamides is 1. The molecular weight excluding hydrogens is 795 g/mol. The van der Waals surface area contributed by atoms with Crippen LogP contribution in [0.15, 0.2) is 120 Å². The van der Waals surface area contributed by atoms with Crippen molar-refractivity contribution in [2.24, 2.45) is 5.92 Å². The lowest BCUT2D eigenvalue weighted by Gasteiger charge is -2.41. The smallest absolute Gasteiger partial charge is 0.409 e. The van der Waals surface area contributed by atoms with Gasteiger partial charge in [-0.2, -0.15) is 0 Å². The lowest BCUT2D eigenvalue weighted by atomic mass is 9.69. The maximum atomic E-state index is 14.6.